The topological polar surface area (TPSA) is 78.8 Å². The Labute approximate surface area is 175 Å². The minimum absolute atomic E-state index is 0.351. The molecular formula is C17H17BrIN3O3S. The molecule has 2 aromatic rings. The molecule has 1 N–H and O–H groups in total. The molecule has 2 aromatic carbocycles. The number of hydrogen-bond donors (Lipinski definition) is 1. The number of carbonyl (C=O) groups is 1. The maximum Gasteiger partial charge on any atom is 0.260 e. The molecule has 0 aromatic heterocycles. The van der Waals surface area contributed by atoms with Crippen LogP contribution in [0.3, 0.4) is 0 Å². The predicted octanol–water partition coefficient (Wildman–Crippen LogP) is 3.36. The number of hydrogen-bond acceptors (Lipinski definition) is 4. The van der Waals surface area contributed by atoms with Gasteiger partial charge < -0.3 is 0 Å². The quantitative estimate of drug-likeness (QED) is 0.341. The van der Waals surface area contributed by atoms with Gasteiger partial charge in [0.1, 0.15) is 6.54 Å². The number of hydrazone groups is 1. The normalized spacial score (nSPS) is 11.9. The number of nitrogens with zero attached hydrogens (tertiary/aromatic N) is 2. The number of carbonyl (C=O) groups excluding carboxylic acids is 1. The van der Waals surface area contributed by atoms with Crippen LogP contribution < -0.4 is 9.73 Å². The first-order chi connectivity index (χ1) is 12.2. The number of amides is 1. The zero-order valence-corrected chi connectivity index (χ0v) is 18.7. The average molecular weight is 550 g/mol. The molecule has 0 saturated heterocycles. The van der Waals surface area contributed by atoms with Crippen molar-refractivity contribution in [3.8, 4) is 0 Å². The van der Waals surface area contributed by atoms with E-state index in [1.54, 1.807) is 31.2 Å². The van der Waals surface area contributed by atoms with Crippen LogP contribution in [0.1, 0.15) is 12.5 Å². The van der Waals surface area contributed by atoms with Crippen LogP contribution in [0.15, 0.2) is 58.1 Å². The van der Waals surface area contributed by atoms with E-state index in [1.165, 1.54) is 0 Å². The van der Waals surface area contributed by atoms with Crippen LogP contribution in [-0.2, 0) is 14.8 Å². The molecule has 0 aliphatic carbocycles. The Kier molecular flexibility index (Phi) is 7.18. The smallest absolute Gasteiger partial charge is 0.260 e. The van der Waals surface area contributed by atoms with Crippen molar-refractivity contribution in [3.05, 3.63) is 62.1 Å². The molecule has 0 fully saturated rings. The molecule has 0 aliphatic heterocycles. The summed E-state index contributed by atoms with van der Waals surface area (Å²) < 4.78 is 27.1. The van der Waals surface area contributed by atoms with Crippen LogP contribution in [0.2, 0.25) is 0 Å². The lowest BCUT2D eigenvalue weighted by Gasteiger charge is -2.21. The van der Waals surface area contributed by atoms with Crippen LogP contribution in [0, 0.1) is 3.57 Å². The summed E-state index contributed by atoms with van der Waals surface area (Å²) in [7, 11) is -3.60. The van der Waals surface area contributed by atoms with Crippen molar-refractivity contribution in [3.63, 3.8) is 0 Å². The van der Waals surface area contributed by atoms with Crippen molar-refractivity contribution in [1.29, 1.82) is 0 Å². The van der Waals surface area contributed by atoms with Crippen molar-refractivity contribution < 1.29 is 13.2 Å². The molecule has 26 heavy (non-hydrogen) atoms. The van der Waals surface area contributed by atoms with Crippen LogP contribution in [0.25, 0.3) is 0 Å². The molecular weight excluding hydrogens is 533 g/mol. The second kappa shape index (κ2) is 8.96. The van der Waals surface area contributed by atoms with Crippen molar-refractivity contribution >= 4 is 65.9 Å². The highest BCUT2D eigenvalue weighted by molar-refractivity contribution is 14.1. The summed E-state index contributed by atoms with van der Waals surface area (Å²) in [5.41, 5.74) is 4.31. The van der Waals surface area contributed by atoms with Crippen molar-refractivity contribution in [2.24, 2.45) is 5.10 Å². The molecule has 0 aliphatic rings. The lowest BCUT2D eigenvalue weighted by molar-refractivity contribution is -0.119. The molecule has 0 radical (unpaired) electrons. The number of rotatable bonds is 6. The Bertz CT molecular complexity index is 913. The van der Waals surface area contributed by atoms with E-state index in [9.17, 15) is 13.2 Å². The largest absolute Gasteiger partial charge is 0.271 e. The molecule has 9 heteroatoms. The third kappa shape index (κ3) is 6.06. The van der Waals surface area contributed by atoms with E-state index < -0.39 is 15.9 Å². The number of nitrogens with one attached hydrogen (secondary N) is 1. The Hall–Kier alpha value is -1.46. The van der Waals surface area contributed by atoms with Crippen molar-refractivity contribution in [2.45, 2.75) is 6.92 Å². The Morgan fingerprint density at radius 1 is 1.15 bits per heavy atom. The fraction of sp³-hybridized carbons (Fsp3) is 0.176. The number of benzene rings is 2. The second-order valence-electron chi connectivity index (χ2n) is 5.49. The molecule has 0 heterocycles. The first kappa shape index (κ1) is 20.8. The van der Waals surface area contributed by atoms with Crippen molar-refractivity contribution in [1.82, 2.24) is 5.43 Å². The lowest BCUT2D eigenvalue weighted by atomic mass is 10.1. The average Bonchev–Trinajstić information content (AvgIpc) is 2.58. The highest BCUT2D eigenvalue weighted by Crippen LogP contribution is 2.19. The van der Waals surface area contributed by atoms with Gasteiger partial charge in [-0.25, -0.2) is 13.8 Å². The summed E-state index contributed by atoms with van der Waals surface area (Å²) in [4.78, 5) is 12.2. The number of sulfonamides is 1. The minimum Gasteiger partial charge on any atom is -0.271 e. The van der Waals surface area contributed by atoms with Gasteiger partial charge in [-0.1, -0.05) is 28.1 Å². The molecule has 0 unspecified atom stereocenters. The molecule has 0 atom stereocenters. The second-order valence-corrected chi connectivity index (χ2v) is 9.55. The fourth-order valence-corrected chi connectivity index (χ4v) is 3.56. The summed E-state index contributed by atoms with van der Waals surface area (Å²) in [6.07, 6.45) is 1.06. The fourth-order valence-electron chi connectivity index (χ4n) is 2.08. The first-order valence-electron chi connectivity index (χ1n) is 7.49. The monoisotopic (exact) mass is 549 g/mol. The van der Waals surface area contributed by atoms with E-state index in [-0.39, 0.29) is 6.54 Å². The molecule has 6 nitrogen and oxygen atoms in total. The maximum absolute atomic E-state index is 12.2. The summed E-state index contributed by atoms with van der Waals surface area (Å²) in [5.74, 6) is -0.523. The lowest BCUT2D eigenvalue weighted by Crippen LogP contribution is -2.39. The maximum atomic E-state index is 12.2. The summed E-state index contributed by atoms with van der Waals surface area (Å²) in [6, 6.07) is 14.4. The standard InChI is InChI=1S/C17H17BrIN3O3S/c1-12(13-3-5-14(18)6-4-13)20-21-17(23)11-22(26(2,24)25)16-9-7-15(19)8-10-16/h3-10H,11H2,1-2H3,(H,21,23)/b20-12-. The van der Waals surface area contributed by atoms with E-state index in [2.05, 4.69) is 49.0 Å². The number of halogens is 2. The van der Waals surface area contributed by atoms with Gasteiger partial charge in [-0.05, 0) is 71.5 Å². The van der Waals surface area contributed by atoms with E-state index in [0.717, 1.165) is 24.2 Å². The Balaban J connectivity index is 2.11. The molecule has 0 spiro atoms. The van der Waals surface area contributed by atoms with Crippen LogP contribution in [-0.4, -0.2) is 32.8 Å². The van der Waals surface area contributed by atoms with Crippen LogP contribution in [0.4, 0.5) is 5.69 Å². The van der Waals surface area contributed by atoms with E-state index in [1.807, 2.05) is 24.3 Å². The zero-order chi connectivity index (χ0) is 19.3. The third-order valence-electron chi connectivity index (χ3n) is 3.41. The summed E-state index contributed by atoms with van der Waals surface area (Å²) >= 11 is 5.48. The number of anilines is 1. The zero-order valence-electron chi connectivity index (χ0n) is 14.1. The van der Waals surface area contributed by atoms with Gasteiger partial charge in [0.05, 0.1) is 17.7 Å². The Morgan fingerprint density at radius 2 is 1.73 bits per heavy atom. The minimum atomic E-state index is -3.60. The highest BCUT2D eigenvalue weighted by Gasteiger charge is 2.20. The highest BCUT2D eigenvalue weighted by atomic mass is 127. The molecule has 0 saturated carbocycles. The van der Waals surface area contributed by atoms with E-state index in [0.29, 0.717) is 11.4 Å². The van der Waals surface area contributed by atoms with Gasteiger partial charge in [0, 0.05) is 8.04 Å². The molecule has 0 bridgehead atoms. The first-order valence-corrected chi connectivity index (χ1v) is 11.2. The van der Waals surface area contributed by atoms with Crippen LogP contribution >= 0.6 is 38.5 Å². The van der Waals surface area contributed by atoms with Crippen LogP contribution in [0.5, 0.6) is 0 Å². The summed E-state index contributed by atoms with van der Waals surface area (Å²) in [6.45, 7) is 1.41. The van der Waals surface area contributed by atoms with Gasteiger partial charge in [0.2, 0.25) is 10.0 Å². The Morgan fingerprint density at radius 3 is 2.27 bits per heavy atom. The van der Waals surface area contributed by atoms with Gasteiger partial charge in [0.25, 0.3) is 5.91 Å². The molecule has 2 rings (SSSR count). The van der Waals surface area contributed by atoms with Gasteiger partial charge in [0.15, 0.2) is 0 Å². The van der Waals surface area contributed by atoms with Crippen molar-refractivity contribution in [2.75, 3.05) is 17.1 Å². The van der Waals surface area contributed by atoms with Gasteiger partial charge in [-0.3, -0.25) is 9.10 Å². The summed E-state index contributed by atoms with van der Waals surface area (Å²) in [5, 5.41) is 4.05. The van der Waals surface area contributed by atoms with Gasteiger partial charge in [-0.15, -0.1) is 0 Å². The van der Waals surface area contributed by atoms with E-state index >= 15 is 0 Å². The predicted molar refractivity (Wildman–Crippen MR) is 116 cm³/mol. The van der Waals surface area contributed by atoms with Gasteiger partial charge >= 0.3 is 0 Å². The SMILES string of the molecule is C/C(=N/NC(=O)CN(c1ccc(I)cc1)S(C)(=O)=O)c1ccc(Br)cc1. The third-order valence-corrected chi connectivity index (χ3v) is 5.80. The molecule has 1 amide bonds. The molecule has 138 valence electrons. The van der Waals surface area contributed by atoms with E-state index in [4.69, 9.17) is 0 Å². The van der Waals surface area contributed by atoms with Gasteiger partial charge in [-0.2, -0.15) is 5.10 Å².